The van der Waals surface area contributed by atoms with Crippen LogP contribution in [-0.2, 0) is 20.1 Å². The second kappa shape index (κ2) is 3.94. The first kappa shape index (κ1) is 10.9. The predicted molar refractivity (Wildman–Crippen MR) is 64.4 cm³/mol. The molecular formula is C11H14N6O. The van der Waals surface area contributed by atoms with Crippen LogP contribution >= 0.6 is 0 Å². The number of nitrogens with zero attached hydrogens (tertiary/aromatic N) is 6. The Morgan fingerprint density at radius 2 is 2.22 bits per heavy atom. The lowest BCUT2D eigenvalue weighted by Crippen LogP contribution is -2.35. The molecule has 2 aromatic heterocycles. The van der Waals surface area contributed by atoms with Gasteiger partial charge in [0.05, 0.1) is 17.8 Å². The molecule has 0 amide bonds. The summed E-state index contributed by atoms with van der Waals surface area (Å²) in [6, 6.07) is 0. The minimum atomic E-state index is 0.653. The quantitative estimate of drug-likeness (QED) is 0.706. The second-order valence-corrected chi connectivity index (χ2v) is 4.43. The number of rotatable bonds is 2. The zero-order valence-electron chi connectivity index (χ0n) is 10.4. The lowest BCUT2D eigenvalue weighted by Gasteiger charge is -2.29. The summed E-state index contributed by atoms with van der Waals surface area (Å²) in [7, 11) is 1.86. The molecule has 0 bridgehead atoms. The Morgan fingerprint density at radius 1 is 1.39 bits per heavy atom. The minimum Gasteiger partial charge on any atom is -0.347 e. The van der Waals surface area contributed by atoms with Crippen LogP contribution in [0.5, 0.6) is 0 Å². The molecule has 0 unspecified atom stereocenters. The lowest BCUT2D eigenvalue weighted by molar-refractivity contribution is 0.112. The van der Waals surface area contributed by atoms with E-state index in [1.165, 1.54) is 0 Å². The van der Waals surface area contributed by atoms with Gasteiger partial charge in [-0.15, -0.1) is 10.2 Å². The largest absolute Gasteiger partial charge is 0.347 e. The van der Waals surface area contributed by atoms with Gasteiger partial charge in [0.25, 0.3) is 0 Å². The molecule has 0 saturated heterocycles. The zero-order chi connectivity index (χ0) is 12.7. The van der Waals surface area contributed by atoms with Crippen molar-refractivity contribution >= 4 is 12.1 Å². The summed E-state index contributed by atoms with van der Waals surface area (Å²) < 4.78 is 3.78. The van der Waals surface area contributed by atoms with Crippen LogP contribution in [0.25, 0.3) is 0 Å². The molecule has 0 aromatic carbocycles. The van der Waals surface area contributed by atoms with E-state index >= 15 is 0 Å². The Bertz CT molecular complexity index is 599. The van der Waals surface area contributed by atoms with Gasteiger partial charge in [0.15, 0.2) is 12.1 Å². The van der Waals surface area contributed by atoms with Gasteiger partial charge in [0.1, 0.15) is 12.1 Å². The first-order valence-corrected chi connectivity index (χ1v) is 5.81. The molecule has 7 heteroatoms. The van der Waals surface area contributed by atoms with Crippen LogP contribution in [0.3, 0.4) is 0 Å². The monoisotopic (exact) mass is 246 g/mol. The van der Waals surface area contributed by atoms with Crippen molar-refractivity contribution in [3.8, 4) is 0 Å². The van der Waals surface area contributed by atoms with Gasteiger partial charge in [-0.05, 0) is 6.92 Å². The Hall–Kier alpha value is -2.18. The highest BCUT2D eigenvalue weighted by atomic mass is 16.1. The molecule has 3 rings (SSSR count). The molecule has 0 atom stereocenters. The van der Waals surface area contributed by atoms with E-state index in [-0.39, 0.29) is 0 Å². The number of hydrogen-bond acceptors (Lipinski definition) is 5. The Kier molecular flexibility index (Phi) is 2.39. The van der Waals surface area contributed by atoms with Crippen LogP contribution in [0.15, 0.2) is 6.33 Å². The van der Waals surface area contributed by atoms with Crippen molar-refractivity contribution in [1.29, 1.82) is 0 Å². The molecule has 0 radical (unpaired) electrons. The Labute approximate surface area is 104 Å². The number of fused-ring (bicyclic) bond motifs is 1. The van der Waals surface area contributed by atoms with Crippen molar-refractivity contribution in [3.05, 3.63) is 23.4 Å². The number of aldehydes is 1. The van der Waals surface area contributed by atoms with Crippen LogP contribution < -0.4 is 4.90 Å². The van der Waals surface area contributed by atoms with Gasteiger partial charge < -0.3 is 9.47 Å². The van der Waals surface area contributed by atoms with Crippen molar-refractivity contribution in [3.63, 3.8) is 0 Å². The molecule has 0 N–H and O–H groups in total. The first-order valence-electron chi connectivity index (χ1n) is 5.81. The summed E-state index contributed by atoms with van der Waals surface area (Å²) in [5, 5.41) is 12.3. The van der Waals surface area contributed by atoms with E-state index in [0.29, 0.717) is 12.1 Å². The third-order valence-electron chi connectivity index (χ3n) is 3.29. The fourth-order valence-corrected chi connectivity index (χ4v) is 2.42. The van der Waals surface area contributed by atoms with Gasteiger partial charge in [0.2, 0.25) is 0 Å². The highest BCUT2D eigenvalue weighted by Crippen LogP contribution is 2.24. The topological polar surface area (TPSA) is 68.8 Å². The van der Waals surface area contributed by atoms with Gasteiger partial charge >= 0.3 is 0 Å². The molecule has 0 saturated carbocycles. The smallest absolute Gasteiger partial charge is 0.155 e. The van der Waals surface area contributed by atoms with Crippen LogP contribution in [0.4, 0.5) is 5.82 Å². The fraction of sp³-hybridized carbons (Fsp3) is 0.455. The molecule has 0 aliphatic carbocycles. The van der Waals surface area contributed by atoms with Crippen LogP contribution in [-0.4, -0.2) is 37.4 Å². The Morgan fingerprint density at radius 3 is 3.00 bits per heavy atom. The van der Waals surface area contributed by atoms with Crippen molar-refractivity contribution in [1.82, 2.24) is 24.5 Å². The molecule has 2 aromatic rings. The Balaban J connectivity index is 2.00. The lowest BCUT2D eigenvalue weighted by atomic mass is 10.2. The SMILES string of the molecule is Cc1nn(C)c(N2CCn3cnnc3C2)c1C=O. The van der Waals surface area contributed by atoms with Crippen molar-refractivity contribution < 1.29 is 4.79 Å². The van der Waals surface area contributed by atoms with E-state index in [0.717, 1.165) is 36.7 Å². The maximum Gasteiger partial charge on any atom is 0.155 e. The first-order chi connectivity index (χ1) is 8.70. The minimum absolute atomic E-state index is 0.653. The zero-order valence-corrected chi connectivity index (χ0v) is 10.4. The standard InChI is InChI=1S/C11H14N6O/c1-8-9(6-18)11(15(2)14-8)16-3-4-17-7-12-13-10(17)5-16/h6-7H,3-5H2,1-2H3. The fourth-order valence-electron chi connectivity index (χ4n) is 2.42. The number of aromatic nitrogens is 5. The van der Waals surface area contributed by atoms with E-state index in [9.17, 15) is 4.79 Å². The van der Waals surface area contributed by atoms with Gasteiger partial charge in [-0.2, -0.15) is 5.10 Å². The number of carbonyl (C=O) groups is 1. The summed E-state index contributed by atoms with van der Waals surface area (Å²) in [4.78, 5) is 13.3. The normalized spacial score (nSPS) is 14.7. The summed E-state index contributed by atoms with van der Waals surface area (Å²) in [5.41, 5.74) is 1.42. The molecule has 18 heavy (non-hydrogen) atoms. The molecular weight excluding hydrogens is 232 g/mol. The number of carbonyl (C=O) groups excluding carboxylic acids is 1. The number of hydrogen-bond donors (Lipinski definition) is 0. The van der Waals surface area contributed by atoms with Crippen LogP contribution in [0, 0.1) is 6.92 Å². The highest BCUT2D eigenvalue weighted by molar-refractivity contribution is 5.84. The highest BCUT2D eigenvalue weighted by Gasteiger charge is 2.24. The second-order valence-electron chi connectivity index (χ2n) is 4.43. The maximum absolute atomic E-state index is 11.2. The van der Waals surface area contributed by atoms with E-state index in [1.807, 2.05) is 18.5 Å². The van der Waals surface area contributed by atoms with Gasteiger partial charge in [0, 0.05) is 20.1 Å². The summed E-state index contributed by atoms with van der Waals surface area (Å²) in [6.45, 7) is 4.15. The van der Waals surface area contributed by atoms with Crippen molar-refractivity contribution in [2.24, 2.45) is 7.05 Å². The third kappa shape index (κ3) is 1.51. The average molecular weight is 246 g/mol. The van der Waals surface area contributed by atoms with E-state index in [4.69, 9.17) is 0 Å². The van der Waals surface area contributed by atoms with Crippen molar-refractivity contribution in [2.75, 3.05) is 11.4 Å². The van der Waals surface area contributed by atoms with Crippen molar-refractivity contribution in [2.45, 2.75) is 20.0 Å². The third-order valence-corrected chi connectivity index (χ3v) is 3.29. The molecule has 0 spiro atoms. The predicted octanol–water partition coefficient (Wildman–Crippen LogP) is 0.153. The van der Waals surface area contributed by atoms with E-state index in [2.05, 4.69) is 20.2 Å². The molecule has 0 fully saturated rings. The summed E-state index contributed by atoms with van der Waals surface area (Å²) >= 11 is 0. The number of aryl methyl sites for hydroxylation is 2. The maximum atomic E-state index is 11.2. The van der Waals surface area contributed by atoms with Crippen LogP contribution in [0.1, 0.15) is 21.9 Å². The molecule has 94 valence electrons. The van der Waals surface area contributed by atoms with E-state index < -0.39 is 0 Å². The molecule has 3 heterocycles. The number of anilines is 1. The summed E-state index contributed by atoms with van der Waals surface area (Å²) in [5.74, 6) is 1.77. The molecule has 1 aliphatic rings. The van der Waals surface area contributed by atoms with Gasteiger partial charge in [-0.25, -0.2) is 0 Å². The molecule has 7 nitrogen and oxygen atoms in total. The summed E-state index contributed by atoms with van der Waals surface area (Å²) in [6.07, 6.45) is 2.61. The van der Waals surface area contributed by atoms with Gasteiger partial charge in [-0.1, -0.05) is 0 Å². The van der Waals surface area contributed by atoms with E-state index in [1.54, 1.807) is 11.0 Å². The average Bonchev–Trinajstić information content (AvgIpc) is 2.91. The van der Waals surface area contributed by atoms with Gasteiger partial charge in [-0.3, -0.25) is 9.48 Å². The van der Waals surface area contributed by atoms with Crippen LogP contribution in [0.2, 0.25) is 0 Å². The molecule has 1 aliphatic heterocycles.